The van der Waals surface area contributed by atoms with Gasteiger partial charge in [0.1, 0.15) is 0 Å². The number of carbonyl (C=O) groups excluding carboxylic acids is 1. The second-order valence-corrected chi connectivity index (χ2v) is 7.00. The van der Waals surface area contributed by atoms with E-state index in [1.54, 1.807) is 0 Å². The van der Waals surface area contributed by atoms with Crippen molar-refractivity contribution >= 4 is 5.97 Å². The summed E-state index contributed by atoms with van der Waals surface area (Å²) in [5.74, 6) is -0.0604. The zero-order valence-electron chi connectivity index (χ0n) is 15.1. The number of rotatable bonds is 6. The van der Waals surface area contributed by atoms with E-state index >= 15 is 0 Å². The maximum absolute atomic E-state index is 12.9. The first-order valence-corrected chi connectivity index (χ1v) is 9.02. The summed E-state index contributed by atoms with van der Waals surface area (Å²) in [7, 11) is 1.93. The van der Waals surface area contributed by atoms with Crippen LogP contribution in [0.3, 0.4) is 0 Å². The number of likely N-dealkylation sites (tertiary alicyclic amines) is 1. The van der Waals surface area contributed by atoms with E-state index in [0.717, 1.165) is 38.9 Å². The molecule has 2 aromatic rings. The summed E-state index contributed by atoms with van der Waals surface area (Å²) < 4.78 is 7.30. The van der Waals surface area contributed by atoms with E-state index in [-0.39, 0.29) is 5.97 Å². The van der Waals surface area contributed by atoms with Gasteiger partial charge in [-0.1, -0.05) is 30.3 Å². The SMILES string of the molecule is CCOC(=O)[C@@]1(Cc2ccccc2)CCCN(Cc2cnn(C)c2)C1. The van der Waals surface area contributed by atoms with Crippen LogP contribution >= 0.6 is 0 Å². The number of esters is 1. The molecule has 0 aliphatic carbocycles. The van der Waals surface area contributed by atoms with Crippen molar-refractivity contribution in [3.8, 4) is 0 Å². The number of carbonyl (C=O) groups is 1. The van der Waals surface area contributed by atoms with Gasteiger partial charge in [-0.25, -0.2) is 0 Å². The van der Waals surface area contributed by atoms with Gasteiger partial charge in [0, 0.05) is 31.9 Å². The van der Waals surface area contributed by atoms with E-state index in [0.29, 0.717) is 6.61 Å². The summed E-state index contributed by atoms with van der Waals surface area (Å²) in [6, 6.07) is 10.3. The number of benzene rings is 1. The fourth-order valence-electron chi connectivity index (χ4n) is 3.83. The van der Waals surface area contributed by atoms with Crippen LogP contribution in [-0.4, -0.2) is 40.3 Å². The van der Waals surface area contributed by atoms with Gasteiger partial charge in [0.2, 0.25) is 0 Å². The Bertz CT molecular complexity index is 698. The number of aromatic nitrogens is 2. The molecule has 5 heteroatoms. The minimum absolute atomic E-state index is 0.0604. The van der Waals surface area contributed by atoms with E-state index in [1.165, 1.54) is 11.1 Å². The highest BCUT2D eigenvalue weighted by Crippen LogP contribution is 2.36. The van der Waals surface area contributed by atoms with Crippen molar-refractivity contribution in [2.75, 3.05) is 19.7 Å². The maximum atomic E-state index is 12.9. The highest BCUT2D eigenvalue weighted by molar-refractivity contribution is 5.77. The summed E-state index contributed by atoms with van der Waals surface area (Å²) in [5, 5.41) is 4.25. The number of nitrogens with zero attached hydrogens (tertiary/aromatic N) is 3. The van der Waals surface area contributed by atoms with Gasteiger partial charge >= 0.3 is 5.97 Å². The molecule has 0 spiro atoms. The topological polar surface area (TPSA) is 47.4 Å². The van der Waals surface area contributed by atoms with Crippen molar-refractivity contribution in [3.05, 3.63) is 53.9 Å². The molecule has 1 aliphatic rings. The third kappa shape index (κ3) is 4.28. The van der Waals surface area contributed by atoms with E-state index < -0.39 is 5.41 Å². The molecule has 1 aromatic carbocycles. The van der Waals surface area contributed by atoms with Crippen LogP contribution in [0.4, 0.5) is 0 Å². The van der Waals surface area contributed by atoms with E-state index in [9.17, 15) is 4.79 Å². The van der Waals surface area contributed by atoms with Gasteiger partial charge in [-0.15, -0.1) is 0 Å². The molecule has 0 amide bonds. The Morgan fingerprint density at radius 3 is 2.76 bits per heavy atom. The molecule has 0 bridgehead atoms. The van der Waals surface area contributed by atoms with Crippen LogP contribution in [0.15, 0.2) is 42.7 Å². The smallest absolute Gasteiger partial charge is 0.313 e. The van der Waals surface area contributed by atoms with Crippen molar-refractivity contribution in [2.45, 2.75) is 32.7 Å². The number of hydrogen-bond acceptors (Lipinski definition) is 4. The van der Waals surface area contributed by atoms with E-state index in [4.69, 9.17) is 4.74 Å². The molecule has 0 saturated carbocycles. The van der Waals surface area contributed by atoms with Crippen molar-refractivity contribution in [1.29, 1.82) is 0 Å². The van der Waals surface area contributed by atoms with Gasteiger partial charge in [0.25, 0.3) is 0 Å². The van der Waals surface area contributed by atoms with Crippen LogP contribution in [0.5, 0.6) is 0 Å². The quantitative estimate of drug-likeness (QED) is 0.758. The first-order chi connectivity index (χ1) is 12.1. The van der Waals surface area contributed by atoms with Crippen LogP contribution in [0.25, 0.3) is 0 Å². The maximum Gasteiger partial charge on any atom is 0.313 e. The molecular weight excluding hydrogens is 314 g/mol. The van der Waals surface area contributed by atoms with E-state index in [1.807, 2.05) is 49.2 Å². The average molecular weight is 341 g/mol. The Balaban J connectivity index is 1.79. The van der Waals surface area contributed by atoms with Crippen molar-refractivity contribution in [3.63, 3.8) is 0 Å². The van der Waals surface area contributed by atoms with Crippen molar-refractivity contribution in [2.24, 2.45) is 12.5 Å². The minimum atomic E-state index is -0.460. The lowest BCUT2D eigenvalue weighted by Crippen LogP contribution is -2.49. The number of aryl methyl sites for hydroxylation is 1. The second kappa shape index (κ2) is 7.83. The fourth-order valence-corrected chi connectivity index (χ4v) is 3.83. The first kappa shape index (κ1) is 17.7. The zero-order chi connectivity index (χ0) is 17.7. The molecular formula is C20H27N3O2. The molecule has 1 fully saturated rings. The molecule has 5 nitrogen and oxygen atoms in total. The molecule has 1 atom stereocenters. The van der Waals surface area contributed by atoms with Gasteiger partial charge in [-0.2, -0.15) is 5.10 Å². The number of hydrogen-bond donors (Lipinski definition) is 0. The predicted molar refractivity (Wildman–Crippen MR) is 96.9 cm³/mol. The summed E-state index contributed by atoms with van der Waals surface area (Å²) in [6.07, 6.45) is 6.56. The van der Waals surface area contributed by atoms with Crippen LogP contribution in [0, 0.1) is 5.41 Å². The van der Waals surface area contributed by atoms with Crippen LogP contribution in [0.1, 0.15) is 30.9 Å². The predicted octanol–water partition coefficient (Wildman–Crippen LogP) is 2.81. The standard InChI is InChI=1S/C20H27N3O2/c1-3-25-19(24)20(12-17-8-5-4-6-9-17)10-7-11-23(16-20)15-18-13-21-22(2)14-18/h4-6,8-9,13-14H,3,7,10-12,15-16H2,1-2H3/t20-/m1/s1. The molecule has 1 aliphatic heterocycles. The molecule has 0 unspecified atom stereocenters. The zero-order valence-corrected chi connectivity index (χ0v) is 15.1. The molecule has 3 rings (SSSR count). The molecule has 0 N–H and O–H groups in total. The summed E-state index contributed by atoms with van der Waals surface area (Å²) in [4.78, 5) is 15.2. The average Bonchev–Trinajstić information content (AvgIpc) is 3.01. The molecule has 134 valence electrons. The lowest BCUT2D eigenvalue weighted by molar-refractivity contribution is -0.159. The lowest BCUT2D eigenvalue weighted by atomic mass is 9.75. The Morgan fingerprint density at radius 2 is 2.08 bits per heavy atom. The van der Waals surface area contributed by atoms with Gasteiger partial charge in [0.05, 0.1) is 18.2 Å². The fraction of sp³-hybridized carbons (Fsp3) is 0.500. The summed E-state index contributed by atoms with van der Waals surface area (Å²) in [6.45, 7) is 4.87. The molecule has 0 radical (unpaired) electrons. The Hall–Kier alpha value is -2.14. The number of piperidine rings is 1. The minimum Gasteiger partial charge on any atom is -0.466 e. The normalized spacial score (nSPS) is 21.2. The van der Waals surface area contributed by atoms with Gasteiger partial charge in [-0.3, -0.25) is 14.4 Å². The first-order valence-electron chi connectivity index (χ1n) is 9.02. The van der Waals surface area contributed by atoms with Gasteiger partial charge in [-0.05, 0) is 38.3 Å². The van der Waals surface area contributed by atoms with Gasteiger partial charge < -0.3 is 4.74 Å². The third-order valence-electron chi connectivity index (χ3n) is 4.91. The van der Waals surface area contributed by atoms with Crippen LogP contribution in [-0.2, 0) is 29.5 Å². The second-order valence-electron chi connectivity index (χ2n) is 7.00. The van der Waals surface area contributed by atoms with Crippen molar-refractivity contribution < 1.29 is 9.53 Å². The highest BCUT2D eigenvalue weighted by Gasteiger charge is 2.43. The molecule has 2 heterocycles. The van der Waals surface area contributed by atoms with Gasteiger partial charge in [0.15, 0.2) is 0 Å². The largest absolute Gasteiger partial charge is 0.466 e. The third-order valence-corrected chi connectivity index (χ3v) is 4.91. The van der Waals surface area contributed by atoms with Crippen LogP contribution in [0.2, 0.25) is 0 Å². The Kier molecular flexibility index (Phi) is 5.53. The van der Waals surface area contributed by atoms with Crippen molar-refractivity contribution in [1.82, 2.24) is 14.7 Å². The monoisotopic (exact) mass is 341 g/mol. The molecule has 25 heavy (non-hydrogen) atoms. The summed E-state index contributed by atoms with van der Waals surface area (Å²) >= 11 is 0. The molecule has 1 saturated heterocycles. The Morgan fingerprint density at radius 1 is 1.28 bits per heavy atom. The molecule has 1 aromatic heterocycles. The Labute approximate surface area is 149 Å². The van der Waals surface area contributed by atoms with Crippen LogP contribution < -0.4 is 0 Å². The lowest BCUT2D eigenvalue weighted by Gasteiger charge is -2.41. The summed E-state index contributed by atoms with van der Waals surface area (Å²) in [5.41, 5.74) is 1.92. The van der Waals surface area contributed by atoms with E-state index in [2.05, 4.69) is 22.1 Å². The number of ether oxygens (including phenoxy) is 1. The highest BCUT2D eigenvalue weighted by atomic mass is 16.5.